The number of hydrogen-bond donors (Lipinski definition) is 1. The molecular weight excluding hydrogens is 309 g/mol. The minimum absolute atomic E-state index is 0. The van der Waals surface area contributed by atoms with Crippen LogP contribution in [0.5, 0.6) is 11.5 Å². The van der Waals surface area contributed by atoms with E-state index in [1.165, 1.54) is 13.2 Å². The Morgan fingerprint density at radius 1 is 1.25 bits per heavy atom. The van der Waals surface area contributed by atoms with Crippen molar-refractivity contribution in [1.82, 2.24) is 0 Å². The Balaban J connectivity index is 0.00000361. The summed E-state index contributed by atoms with van der Waals surface area (Å²) in [5.41, 5.74) is 5.54. The Hall–Kier alpha value is -1.28. The van der Waals surface area contributed by atoms with Crippen molar-refractivity contribution >= 4 is 12.4 Å². The van der Waals surface area contributed by atoms with Crippen LogP contribution in [0.4, 0.5) is 22.0 Å². The first-order valence-corrected chi connectivity index (χ1v) is 5.20. The maximum Gasteiger partial charge on any atom is 0.573 e. The molecule has 0 radical (unpaired) electrons. The topological polar surface area (TPSA) is 44.5 Å². The third kappa shape index (κ3) is 5.79. The van der Waals surface area contributed by atoms with Gasteiger partial charge in [-0.25, -0.2) is 8.78 Å². The second kappa shape index (κ2) is 7.49. The monoisotopic (exact) mass is 321 g/mol. The lowest BCUT2D eigenvalue weighted by Gasteiger charge is -2.17. The zero-order valence-electron chi connectivity index (χ0n) is 10.3. The smallest absolute Gasteiger partial charge is 0.496 e. The second-order valence-corrected chi connectivity index (χ2v) is 3.68. The van der Waals surface area contributed by atoms with Crippen LogP contribution >= 0.6 is 12.4 Å². The number of methoxy groups -OCH3 is 1. The lowest BCUT2D eigenvalue weighted by Crippen LogP contribution is -2.18. The number of hydrogen-bond acceptors (Lipinski definition) is 3. The molecule has 1 rings (SSSR count). The molecule has 20 heavy (non-hydrogen) atoms. The molecule has 0 unspecified atom stereocenters. The average molecular weight is 322 g/mol. The highest BCUT2D eigenvalue weighted by atomic mass is 35.5. The number of alkyl halides is 5. The van der Waals surface area contributed by atoms with Crippen molar-refractivity contribution in [1.29, 1.82) is 0 Å². The van der Waals surface area contributed by atoms with Gasteiger partial charge in [0.25, 0.3) is 0 Å². The third-order valence-electron chi connectivity index (χ3n) is 2.27. The minimum atomic E-state index is -4.86. The van der Waals surface area contributed by atoms with E-state index in [0.717, 1.165) is 12.1 Å². The molecule has 1 aromatic rings. The largest absolute Gasteiger partial charge is 0.573 e. The van der Waals surface area contributed by atoms with Gasteiger partial charge in [-0.3, -0.25) is 0 Å². The Morgan fingerprint density at radius 3 is 2.30 bits per heavy atom. The van der Waals surface area contributed by atoms with Gasteiger partial charge in [0.05, 0.1) is 7.11 Å². The Bertz CT molecular complexity index is 428. The van der Waals surface area contributed by atoms with Gasteiger partial charge >= 0.3 is 6.36 Å². The minimum Gasteiger partial charge on any atom is -0.496 e. The summed E-state index contributed by atoms with van der Waals surface area (Å²) in [5.74, 6) is -0.407. The van der Waals surface area contributed by atoms with Crippen LogP contribution in [-0.4, -0.2) is 19.9 Å². The van der Waals surface area contributed by atoms with Crippen LogP contribution in [0.1, 0.15) is 18.0 Å². The summed E-state index contributed by atoms with van der Waals surface area (Å²) in [4.78, 5) is 0. The molecule has 0 fully saturated rings. The van der Waals surface area contributed by atoms with Gasteiger partial charge in [-0.05, 0) is 18.2 Å². The fraction of sp³-hybridized carbons (Fsp3) is 0.455. The highest BCUT2D eigenvalue weighted by Crippen LogP contribution is 2.33. The zero-order valence-corrected chi connectivity index (χ0v) is 11.1. The molecule has 0 aromatic heterocycles. The predicted molar refractivity (Wildman–Crippen MR) is 64.5 cm³/mol. The van der Waals surface area contributed by atoms with Crippen molar-refractivity contribution in [2.45, 2.75) is 25.3 Å². The van der Waals surface area contributed by atoms with Gasteiger partial charge in [0.1, 0.15) is 11.5 Å². The van der Waals surface area contributed by atoms with Gasteiger partial charge in [-0.1, -0.05) is 0 Å². The van der Waals surface area contributed by atoms with Crippen LogP contribution in [0.2, 0.25) is 0 Å². The van der Waals surface area contributed by atoms with Crippen molar-refractivity contribution in [3.05, 3.63) is 23.8 Å². The van der Waals surface area contributed by atoms with Crippen LogP contribution in [0.15, 0.2) is 18.2 Å². The fourth-order valence-electron chi connectivity index (χ4n) is 1.52. The standard InChI is InChI=1S/C11H12F5NO2.ClH/c1-18-9-3-2-6(19-11(14,15)16)4-7(9)8(17)5-10(12)13;/h2-4,8,10H,5,17H2,1H3;1H/t8-;/m0./s1. The van der Waals surface area contributed by atoms with Crippen LogP contribution < -0.4 is 15.2 Å². The lowest BCUT2D eigenvalue weighted by molar-refractivity contribution is -0.274. The quantitative estimate of drug-likeness (QED) is 0.842. The van der Waals surface area contributed by atoms with E-state index in [4.69, 9.17) is 10.5 Å². The Kier molecular flexibility index (Phi) is 7.01. The summed E-state index contributed by atoms with van der Waals surface area (Å²) in [6, 6.07) is 2.00. The summed E-state index contributed by atoms with van der Waals surface area (Å²) in [7, 11) is 1.26. The summed E-state index contributed by atoms with van der Waals surface area (Å²) < 4.78 is 69.2. The van der Waals surface area contributed by atoms with E-state index >= 15 is 0 Å². The van der Waals surface area contributed by atoms with Crippen molar-refractivity contribution in [2.24, 2.45) is 5.73 Å². The number of halogens is 6. The molecule has 0 aliphatic rings. The van der Waals surface area contributed by atoms with E-state index in [-0.39, 0.29) is 23.7 Å². The van der Waals surface area contributed by atoms with E-state index < -0.39 is 31.0 Å². The predicted octanol–water partition coefficient (Wildman–Crippen LogP) is 3.67. The van der Waals surface area contributed by atoms with Crippen LogP contribution in [0.25, 0.3) is 0 Å². The lowest BCUT2D eigenvalue weighted by atomic mass is 10.0. The normalized spacial score (nSPS) is 12.8. The zero-order chi connectivity index (χ0) is 14.6. The number of rotatable bonds is 5. The van der Waals surface area contributed by atoms with Gasteiger partial charge < -0.3 is 15.2 Å². The van der Waals surface area contributed by atoms with Crippen LogP contribution in [0.3, 0.4) is 0 Å². The molecular formula is C11H13ClF5NO2. The van der Waals surface area contributed by atoms with Crippen LogP contribution in [0, 0.1) is 0 Å². The first kappa shape index (κ1) is 18.7. The molecule has 0 spiro atoms. The van der Waals surface area contributed by atoms with Gasteiger partial charge in [0.2, 0.25) is 6.43 Å². The van der Waals surface area contributed by atoms with E-state index in [1.807, 2.05) is 0 Å². The molecule has 0 saturated heterocycles. The van der Waals surface area contributed by atoms with E-state index in [9.17, 15) is 22.0 Å². The second-order valence-electron chi connectivity index (χ2n) is 3.68. The molecule has 9 heteroatoms. The summed E-state index contributed by atoms with van der Waals surface area (Å²) >= 11 is 0. The molecule has 1 atom stereocenters. The fourth-order valence-corrected chi connectivity index (χ4v) is 1.52. The van der Waals surface area contributed by atoms with Gasteiger partial charge in [-0.15, -0.1) is 25.6 Å². The molecule has 3 nitrogen and oxygen atoms in total. The molecule has 1 aromatic carbocycles. The molecule has 0 heterocycles. The maximum atomic E-state index is 12.2. The van der Waals surface area contributed by atoms with Gasteiger partial charge in [-0.2, -0.15) is 0 Å². The van der Waals surface area contributed by atoms with Crippen molar-refractivity contribution in [3.63, 3.8) is 0 Å². The van der Waals surface area contributed by atoms with E-state index in [0.29, 0.717) is 0 Å². The molecule has 0 aliphatic heterocycles. The number of nitrogens with two attached hydrogens (primary N) is 1. The maximum absolute atomic E-state index is 12.2. The van der Waals surface area contributed by atoms with Crippen molar-refractivity contribution in [3.8, 4) is 11.5 Å². The Labute approximate surface area is 118 Å². The molecule has 2 N–H and O–H groups in total. The van der Waals surface area contributed by atoms with E-state index in [2.05, 4.69) is 4.74 Å². The van der Waals surface area contributed by atoms with E-state index in [1.54, 1.807) is 0 Å². The SMILES string of the molecule is COc1ccc(OC(F)(F)F)cc1[C@@H](N)CC(F)F.Cl. The van der Waals surface area contributed by atoms with Crippen molar-refractivity contribution < 1.29 is 31.4 Å². The van der Waals surface area contributed by atoms with Crippen LogP contribution in [-0.2, 0) is 0 Å². The molecule has 116 valence electrons. The molecule has 0 saturated carbocycles. The van der Waals surface area contributed by atoms with Gasteiger partial charge in [0.15, 0.2) is 0 Å². The Morgan fingerprint density at radius 2 is 1.85 bits per heavy atom. The first-order chi connectivity index (χ1) is 8.73. The highest BCUT2D eigenvalue weighted by molar-refractivity contribution is 5.85. The number of ether oxygens (including phenoxy) is 2. The summed E-state index contributed by atoms with van der Waals surface area (Å²) in [6.07, 6.45) is -8.23. The third-order valence-corrected chi connectivity index (χ3v) is 2.27. The molecule has 0 amide bonds. The molecule has 0 aliphatic carbocycles. The van der Waals surface area contributed by atoms with Gasteiger partial charge in [0, 0.05) is 18.0 Å². The summed E-state index contributed by atoms with van der Waals surface area (Å²) in [5, 5.41) is 0. The van der Waals surface area contributed by atoms with Crippen molar-refractivity contribution in [2.75, 3.05) is 7.11 Å². The summed E-state index contributed by atoms with van der Waals surface area (Å²) in [6.45, 7) is 0. The average Bonchev–Trinajstić information content (AvgIpc) is 2.25. The first-order valence-electron chi connectivity index (χ1n) is 5.20. The highest BCUT2D eigenvalue weighted by Gasteiger charge is 2.31. The number of benzene rings is 1. The molecule has 0 bridgehead atoms.